The van der Waals surface area contributed by atoms with Crippen molar-refractivity contribution in [1.82, 2.24) is 4.98 Å². The Morgan fingerprint density at radius 2 is 1.94 bits per heavy atom. The molecule has 0 aliphatic carbocycles. The Morgan fingerprint density at radius 1 is 1.31 bits per heavy atom. The monoisotopic (exact) mass is 237 g/mol. The van der Waals surface area contributed by atoms with E-state index in [-0.39, 0.29) is 0 Å². The van der Waals surface area contributed by atoms with Gasteiger partial charge in [0.15, 0.2) is 0 Å². The number of hydrogen-bond acceptors (Lipinski definition) is 3. The zero-order valence-corrected chi connectivity index (χ0v) is 10.5. The minimum absolute atomic E-state index is 0.381. The maximum Gasteiger partial charge on any atom is 0.132 e. The van der Waals surface area contributed by atoms with Crippen LogP contribution in [0, 0.1) is 11.3 Å². The fourth-order valence-corrected chi connectivity index (χ4v) is 1.79. The molecule has 0 saturated heterocycles. The molecule has 0 aliphatic rings. The Morgan fingerprint density at radius 3 is 2.44 bits per heavy atom. The number of nitrogens with zero attached hydrogens (tertiary/aromatic N) is 3. The van der Waals surface area contributed by atoms with Crippen LogP contribution >= 0.6 is 11.6 Å². The molecule has 0 radical (unpaired) electrons. The number of pyridine rings is 1. The van der Waals surface area contributed by atoms with Gasteiger partial charge in [-0.1, -0.05) is 25.4 Å². The summed E-state index contributed by atoms with van der Waals surface area (Å²) in [4.78, 5) is 6.42. The molecule has 0 spiro atoms. The second-order valence-corrected chi connectivity index (χ2v) is 4.02. The molecular weight excluding hydrogens is 222 g/mol. The van der Waals surface area contributed by atoms with E-state index in [0.29, 0.717) is 10.7 Å². The number of nitriles is 1. The molecule has 0 saturated carbocycles. The summed E-state index contributed by atoms with van der Waals surface area (Å²) < 4.78 is 0. The van der Waals surface area contributed by atoms with Gasteiger partial charge in [0.05, 0.1) is 11.6 Å². The maximum atomic E-state index is 8.87. The fourth-order valence-electron chi connectivity index (χ4n) is 1.59. The number of hydrogen-bond donors (Lipinski definition) is 0. The van der Waals surface area contributed by atoms with Crippen molar-refractivity contribution in [3.8, 4) is 6.07 Å². The maximum absolute atomic E-state index is 8.87. The molecule has 1 heterocycles. The van der Waals surface area contributed by atoms with Gasteiger partial charge >= 0.3 is 0 Å². The van der Waals surface area contributed by atoms with Crippen LogP contribution in [0.2, 0.25) is 5.15 Å². The average molecular weight is 238 g/mol. The van der Waals surface area contributed by atoms with Crippen molar-refractivity contribution in [2.75, 3.05) is 18.0 Å². The molecule has 0 atom stereocenters. The highest BCUT2D eigenvalue weighted by Gasteiger charge is 2.08. The third kappa shape index (κ3) is 3.39. The van der Waals surface area contributed by atoms with Crippen LogP contribution in [0.4, 0.5) is 5.82 Å². The van der Waals surface area contributed by atoms with Crippen LogP contribution in [0.15, 0.2) is 12.1 Å². The Kier molecular flexibility index (Phi) is 5.07. The van der Waals surface area contributed by atoms with Crippen molar-refractivity contribution in [2.24, 2.45) is 0 Å². The molecule has 0 amide bonds. The first-order valence-corrected chi connectivity index (χ1v) is 5.91. The van der Waals surface area contributed by atoms with E-state index in [1.807, 2.05) is 0 Å². The molecule has 86 valence electrons. The zero-order chi connectivity index (χ0) is 12.0. The van der Waals surface area contributed by atoms with E-state index in [1.54, 1.807) is 12.1 Å². The zero-order valence-electron chi connectivity index (χ0n) is 9.70. The second kappa shape index (κ2) is 6.34. The predicted molar refractivity (Wildman–Crippen MR) is 66.8 cm³/mol. The summed E-state index contributed by atoms with van der Waals surface area (Å²) in [7, 11) is 0. The smallest absolute Gasteiger partial charge is 0.132 e. The van der Waals surface area contributed by atoms with Gasteiger partial charge < -0.3 is 4.90 Å². The first kappa shape index (κ1) is 12.8. The minimum atomic E-state index is 0.381. The van der Waals surface area contributed by atoms with Gasteiger partial charge in [0.25, 0.3) is 0 Å². The Bertz CT molecular complexity index is 378. The topological polar surface area (TPSA) is 39.9 Å². The van der Waals surface area contributed by atoms with Gasteiger partial charge in [-0.05, 0) is 25.0 Å². The van der Waals surface area contributed by atoms with Crippen LogP contribution in [-0.4, -0.2) is 18.1 Å². The minimum Gasteiger partial charge on any atom is -0.357 e. The molecule has 16 heavy (non-hydrogen) atoms. The molecule has 0 aromatic carbocycles. The van der Waals surface area contributed by atoms with E-state index in [2.05, 4.69) is 29.8 Å². The van der Waals surface area contributed by atoms with Crippen LogP contribution in [-0.2, 0) is 0 Å². The van der Waals surface area contributed by atoms with E-state index in [9.17, 15) is 0 Å². The van der Waals surface area contributed by atoms with Crippen LogP contribution < -0.4 is 4.90 Å². The van der Waals surface area contributed by atoms with E-state index in [4.69, 9.17) is 16.9 Å². The van der Waals surface area contributed by atoms with Gasteiger partial charge in [-0.3, -0.25) is 0 Å². The molecule has 0 bridgehead atoms. The second-order valence-electron chi connectivity index (χ2n) is 3.64. The van der Waals surface area contributed by atoms with E-state index in [0.717, 1.165) is 31.7 Å². The van der Waals surface area contributed by atoms with Gasteiger partial charge in [-0.2, -0.15) is 5.26 Å². The molecule has 0 N–H and O–H groups in total. The summed E-state index contributed by atoms with van der Waals surface area (Å²) in [5, 5.41) is 9.25. The van der Waals surface area contributed by atoms with Crippen molar-refractivity contribution < 1.29 is 0 Å². The molecule has 1 rings (SSSR count). The normalized spacial score (nSPS) is 9.88. The number of halogens is 1. The number of aromatic nitrogens is 1. The molecule has 0 aliphatic heterocycles. The first-order valence-electron chi connectivity index (χ1n) is 5.53. The summed E-state index contributed by atoms with van der Waals surface area (Å²) >= 11 is 5.88. The number of anilines is 1. The van der Waals surface area contributed by atoms with Crippen molar-refractivity contribution in [1.29, 1.82) is 5.26 Å². The van der Waals surface area contributed by atoms with E-state index < -0.39 is 0 Å². The lowest BCUT2D eigenvalue weighted by molar-refractivity contribution is 0.734. The van der Waals surface area contributed by atoms with Gasteiger partial charge in [0, 0.05) is 13.1 Å². The van der Waals surface area contributed by atoms with Gasteiger partial charge in [-0.25, -0.2) is 4.98 Å². The molecule has 4 heteroatoms. The highest BCUT2D eigenvalue weighted by Crippen LogP contribution is 2.18. The third-order valence-electron chi connectivity index (χ3n) is 2.22. The summed E-state index contributed by atoms with van der Waals surface area (Å²) in [6.45, 7) is 6.12. The molecule has 1 aromatic rings. The Labute approximate surface area is 102 Å². The molecule has 3 nitrogen and oxygen atoms in total. The van der Waals surface area contributed by atoms with E-state index in [1.165, 1.54) is 0 Å². The Balaban J connectivity index is 2.99. The van der Waals surface area contributed by atoms with Crippen LogP contribution in [0.3, 0.4) is 0 Å². The molecule has 1 aromatic heterocycles. The van der Waals surface area contributed by atoms with Gasteiger partial charge in [-0.15, -0.1) is 0 Å². The molecular formula is C12H16ClN3. The van der Waals surface area contributed by atoms with E-state index >= 15 is 0 Å². The van der Waals surface area contributed by atoms with Crippen molar-refractivity contribution >= 4 is 17.4 Å². The third-order valence-corrected chi connectivity index (χ3v) is 2.41. The fraction of sp³-hybridized carbons (Fsp3) is 0.500. The Hall–Kier alpha value is -1.27. The highest BCUT2D eigenvalue weighted by atomic mass is 35.5. The quantitative estimate of drug-likeness (QED) is 0.739. The SMILES string of the molecule is CCCN(CCC)c1cc(C#N)cc(Cl)n1. The van der Waals surface area contributed by atoms with Gasteiger partial charge in [0.1, 0.15) is 11.0 Å². The lowest BCUT2D eigenvalue weighted by Gasteiger charge is -2.22. The lowest BCUT2D eigenvalue weighted by atomic mass is 10.2. The lowest BCUT2D eigenvalue weighted by Crippen LogP contribution is -2.25. The first-order chi connectivity index (χ1) is 7.71. The largest absolute Gasteiger partial charge is 0.357 e. The summed E-state index contributed by atoms with van der Waals surface area (Å²) in [6, 6.07) is 5.47. The number of rotatable bonds is 5. The molecule has 0 unspecified atom stereocenters. The average Bonchev–Trinajstić information content (AvgIpc) is 2.28. The summed E-state index contributed by atoms with van der Waals surface area (Å²) in [5.74, 6) is 0.799. The van der Waals surface area contributed by atoms with Gasteiger partial charge in [0.2, 0.25) is 0 Å². The standard InChI is InChI=1S/C12H16ClN3/c1-3-5-16(6-4-2)12-8-10(9-14)7-11(13)15-12/h7-8H,3-6H2,1-2H3. The van der Waals surface area contributed by atoms with Crippen molar-refractivity contribution in [2.45, 2.75) is 26.7 Å². The molecule has 0 fully saturated rings. The highest BCUT2D eigenvalue weighted by molar-refractivity contribution is 6.29. The van der Waals surface area contributed by atoms with Crippen molar-refractivity contribution in [3.05, 3.63) is 22.8 Å². The predicted octanol–water partition coefficient (Wildman–Crippen LogP) is 3.23. The van der Waals surface area contributed by atoms with Crippen LogP contribution in [0.1, 0.15) is 32.3 Å². The summed E-state index contributed by atoms with van der Waals surface area (Å²) in [6.07, 6.45) is 2.10. The van der Waals surface area contributed by atoms with Crippen LogP contribution in [0.25, 0.3) is 0 Å². The van der Waals surface area contributed by atoms with Crippen molar-refractivity contribution in [3.63, 3.8) is 0 Å². The van der Waals surface area contributed by atoms with Crippen LogP contribution in [0.5, 0.6) is 0 Å². The summed E-state index contributed by atoms with van der Waals surface area (Å²) in [5.41, 5.74) is 0.562.